The first kappa shape index (κ1) is 6.03. The third-order valence-corrected chi connectivity index (χ3v) is 1.51. The topological polar surface area (TPSA) is 62.0 Å². The van der Waals surface area contributed by atoms with Crippen LogP contribution >= 0.6 is 0 Å². The second-order valence-corrected chi connectivity index (χ2v) is 2.18. The maximum absolute atomic E-state index is 10.5. The minimum Gasteiger partial charge on any atom is -0.476 e. The van der Waals surface area contributed by atoms with Crippen LogP contribution in [0.5, 0.6) is 0 Å². The highest BCUT2D eigenvalue weighted by atomic mass is 16.4. The molecular formula is C7H4N2O2. The molecule has 0 radical (unpaired) electrons. The van der Waals surface area contributed by atoms with Crippen molar-refractivity contribution >= 4 is 17.4 Å². The molecular weight excluding hydrogens is 144 g/mol. The van der Waals surface area contributed by atoms with Crippen LogP contribution in [0.2, 0.25) is 0 Å². The first-order chi connectivity index (χ1) is 5.29. The Morgan fingerprint density at radius 3 is 3.00 bits per heavy atom. The zero-order chi connectivity index (χ0) is 7.84. The molecule has 4 nitrogen and oxygen atoms in total. The van der Waals surface area contributed by atoms with Gasteiger partial charge < -0.3 is 5.11 Å². The maximum Gasteiger partial charge on any atom is 0.357 e. The van der Waals surface area contributed by atoms with Crippen LogP contribution in [0, 0.1) is 0 Å². The molecule has 0 fully saturated rings. The van der Waals surface area contributed by atoms with Gasteiger partial charge in [0, 0.05) is 5.57 Å². The zero-order valence-electron chi connectivity index (χ0n) is 5.48. The van der Waals surface area contributed by atoms with E-state index in [2.05, 4.69) is 10.2 Å². The number of hydrogen-bond donors (Lipinski definition) is 1. The van der Waals surface area contributed by atoms with Crippen molar-refractivity contribution in [3.63, 3.8) is 0 Å². The molecule has 0 unspecified atom stereocenters. The number of carboxylic acid groups (broad SMARTS) is 1. The average Bonchev–Trinajstić information content (AvgIpc) is 2.41. The van der Waals surface area contributed by atoms with Crippen molar-refractivity contribution in [1.29, 1.82) is 0 Å². The molecule has 1 heterocycles. The van der Waals surface area contributed by atoms with Gasteiger partial charge in [0.1, 0.15) is 0 Å². The lowest BCUT2D eigenvalue weighted by molar-refractivity contribution is -0.129. The highest BCUT2D eigenvalue weighted by Crippen LogP contribution is 2.16. The number of allylic oxidation sites excluding steroid dienone is 3. The fourth-order valence-corrected chi connectivity index (χ4v) is 1.01. The molecule has 54 valence electrons. The van der Waals surface area contributed by atoms with Crippen molar-refractivity contribution in [2.45, 2.75) is 0 Å². The molecule has 1 N–H and O–H groups in total. The van der Waals surface area contributed by atoms with Crippen molar-refractivity contribution in [3.05, 3.63) is 23.8 Å². The van der Waals surface area contributed by atoms with Gasteiger partial charge in [-0.15, -0.1) is 10.2 Å². The molecule has 0 aromatic heterocycles. The molecule has 1 aliphatic heterocycles. The molecule has 0 atom stereocenters. The van der Waals surface area contributed by atoms with E-state index in [4.69, 9.17) is 5.11 Å². The van der Waals surface area contributed by atoms with E-state index in [1.54, 1.807) is 18.2 Å². The fraction of sp³-hybridized carbons (Fsp3) is 0. The summed E-state index contributed by atoms with van der Waals surface area (Å²) in [7, 11) is 0. The van der Waals surface area contributed by atoms with Gasteiger partial charge in [0.05, 0.1) is 5.71 Å². The van der Waals surface area contributed by atoms with E-state index in [1.807, 2.05) is 0 Å². The summed E-state index contributed by atoms with van der Waals surface area (Å²) in [5.74, 6) is -1.03. The Bertz CT molecular complexity index is 347. The molecule has 1 aliphatic carbocycles. The molecule has 0 amide bonds. The van der Waals surface area contributed by atoms with E-state index >= 15 is 0 Å². The standard InChI is InChI=1S/C7H4N2O2/c10-7(11)6-4-2-1-3-5(4)8-9-6/h1-3H,(H,10,11). The van der Waals surface area contributed by atoms with Crippen molar-refractivity contribution < 1.29 is 9.90 Å². The predicted molar refractivity (Wildman–Crippen MR) is 39.7 cm³/mol. The van der Waals surface area contributed by atoms with E-state index in [0.717, 1.165) is 0 Å². The summed E-state index contributed by atoms with van der Waals surface area (Å²) < 4.78 is 0. The summed E-state index contributed by atoms with van der Waals surface area (Å²) in [4.78, 5) is 10.5. The smallest absolute Gasteiger partial charge is 0.357 e. The van der Waals surface area contributed by atoms with Crippen LogP contribution in [-0.4, -0.2) is 22.5 Å². The maximum atomic E-state index is 10.5. The van der Waals surface area contributed by atoms with Gasteiger partial charge in [-0.1, -0.05) is 12.2 Å². The Morgan fingerprint density at radius 2 is 2.27 bits per heavy atom. The van der Waals surface area contributed by atoms with Crippen LogP contribution < -0.4 is 0 Å². The normalized spacial score (nSPS) is 19.1. The first-order valence-corrected chi connectivity index (χ1v) is 3.07. The Morgan fingerprint density at radius 1 is 1.45 bits per heavy atom. The number of hydrogen-bond acceptors (Lipinski definition) is 3. The molecule has 2 aliphatic rings. The highest BCUT2D eigenvalue weighted by molar-refractivity contribution is 6.52. The lowest BCUT2D eigenvalue weighted by Crippen LogP contribution is -2.14. The number of rotatable bonds is 1. The van der Waals surface area contributed by atoms with E-state index in [9.17, 15) is 4.79 Å². The van der Waals surface area contributed by atoms with Crippen LogP contribution in [0.1, 0.15) is 0 Å². The van der Waals surface area contributed by atoms with Crippen molar-refractivity contribution in [2.75, 3.05) is 0 Å². The van der Waals surface area contributed by atoms with E-state index in [0.29, 0.717) is 11.3 Å². The summed E-state index contributed by atoms with van der Waals surface area (Å²) >= 11 is 0. The molecule has 0 saturated heterocycles. The van der Waals surface area contributed by atoms with Gasteiger partial charge in [0.25, 0.3) is 0 Å². The summed E-state index contributed by atoms with van der Waals surface area (Å²) in [6.07, 6.45) is 5.18. The van der Waals surface area contributed by atoms with Crippen LogP contribution in [0.25, 0.3) is 0 Å². The van der Waals surface area contributed by atoms with Gasteiger partial charge in [-0.25, -0.2) is 4.79 Å². The van der Waals surface area contributed by atoms with Crippen LogP contribution in [0.15, 0.2) is 34.0 Å². The third-order valence-electron chi connectivity index (χ3n) is 1.51. The van der Waals surface area contributed by atoms with Crippen LogP contribution in [0.4, 0.5) is 0 Å². The second kappa shape index (κ2) is 1.88. The number of aliphatic carboxylic acids is 1. The molecule has 0 aromatic rings. The van der Waals surface area contributed by atoms with Crippen molar-refractivity contribution in [2.24, 2.45) is 10.2 Å². The molecule has 0 spiro atoms. The molecule has 11 heavy (non-hydrogen) atoms. The monoisotopic (exact) mass is 148 g/mol. The van der Waals surface area contributed by atoms with Gasteiger partial charge in [0.15, 0.2) is 5.71 Å². The summed E-state index contributed by atoms with van der Waals surface area (Å²) in [6.45, 7) is 0. The number of nitrogens with zero attached hydrogens (tertiary/aromatic N) is 2. The summed E-state index contributed by atoms with van der Waals surface area (Å²) in [5.41, 5.74) is 1.28. The molecule has 0 saturated carbocycles. The van der Waals surface area contributed by atoms with Crippen LogP contribution in [-0.2, 0) is 4.79 Å². The number of carboxylic acids is 1. The molecule has 2 rings (SSSR count). The van der Waals surface area contributed by atoms with Gasteiger partial charge in [-0.3, -0.25) is 0 Å². The van der Waals surface area contributed by atoms with Crippen LogP contribution in [0.3, 0.4) is 0 Å². The molecule has 0 aromatic carbocycles. The molecule has 0 bridgehead atoms. The van der Waals surface area contributed by atoms with Gasteiger partial charge in [-0.05, 0) is 6.08 Å². The number of fused-ring (bicyclic) bond motifs is 1. The van der Waals surface area contributed by atoms with Crippen molar-refractivity contribution in [3.8, 4) is 0 Å². The Balaban J connectivity index is 2.41. The highest BCUT2D eigenvalue weighted by Gasteiger charge is 2.25. The second-order valence-electron chi connectivity index (χ2n) is 2.18. The average molecular weight is 148 g/mol. The minimum absolute atomic E-state index is 0.0324. The van der Waals surface area contributed by atoms with Gasteiger partial charge in [-0.2, -0.15) is 0 Å². The SMILES string of the molecule is O=C(O)C1=NN=C2C=CC=C21. The van der Waals surface area contributed by atoms with Gasteiger partial charge >= 0.3 is 5.97 Å². The largest absolute Gasteiger partial charge is 0.476 e. The van der Waals surface area contributed by atoms with E-state index < -0.39 is 5.97 Å². The lowest BCUT2D eigenvalue weighted by Gasteiger charge is -1.91. The quantitative estimate of drug-likeness (QED) is 0.584. The zero-order valence-corrected chi connectivity index (χ0v) is 5.48. The van der Waals surface area contributed by atoms with Crippen molar-refractivity contribution in [1.82, 2.24) is 0 Å². The Kier molecular flexibility index (Phi) is 1.03. The predicted octanol–water partition coefficient (Wildman–Crippen LogP) is 0.378. The van der Waals surface area contributed by atoms with E-state index in [-0.39, 0.29) is 5.71 Å². The molecule has 4 heteroatoms. The first-order valence-electron chi connectivity index (χ1n) is 3.07. The minimum atomic E-state index is -1.03. The fourth-order valence-electron chi connectivity index (χ4n) is 1.01. The van der Waals surface area contributed by atoms with E-state index in [1.165, 1.54) is 0 Å². The van der Waals surface area contributed by atoms with Gasteiger partial charge in [0.2, 0.25) is 0 Å². The summed E-state index contributed by atoms with van der Waals surface area (Å²) in [5, 5.41) is 15.8. The Labute approximate surface area is 62.3 Å². The number of carbonyl (C=O) groups is 1. The lowest BCUT2D eigenvalue weighted by atomic mass is 10.1. The summed E-state index contributed by atoms with van der Waals surface area (Å²) in [6, 6.07) is 0. The third kappa shape index (κ3) is 0.724. The Hall–Kier alpha value is -1.71.